The first-order chi connectivity index (χ1) is 14.9. The molecule has 2 aromatic rings. The maximum atomic E-state index is 12.8. The van der Waals surface area contributed by atoms with E-state index in [2.05, 4.69) is 39.3 Å². The molecule has 0 saturated carbocycles. The monoisotopic (exact) mass is 423 g/mol. The summed E-state index contributed by atoms with van der Waals surface area (Å²) in [6, 6.07) is 13.2. The van der Waals surface area contributed by atoms with Gasteiger partial charge in [0.05, 0.1) is 12.7 Å². The van der Waals surface area contributed by atoms with Crippen LogP contribution in [0.3, 0.4) is 0 Å². The summed E-state index contributed by atoms with van der Waals surface area (Å²) in [4.78, 5) is 26.4. The number of benzene rings is 2. The van der Waals surface area contributed by atoms with Crippen LogP contribution in [0.5, 0.6) is 5.75 Å². The number of methoxy groups -OCH3 is 1. The van der Waals surface area contributed by atoms with Crippen molar-refractivity contribution in [3.8, 4) is 5.75 Å². The van der Waals surface area contributed by atoms with Crippen molar-refractivity contribution in [2.45, 2.75) is 32.7 Å². The molecular formula is C24H29N3O4. The van der Waals surface area contributed by atoms with Crippen molar-refractivity contribution in [1.82, 2.24) is 4.90 Å². The van der Waals surface area contributed by atoms with Crippen molar-refractivity contribution in [1.29, 1.82) is 0 Å². The van der Waals surface area contributed by atoms with E-state index >= 15 is 0 Å². The molecule has 31 heavy (non-hydrogen) atoms. The van der Waals surface area contributed by atoms with Gasteiger partial charge in [-0.2, -0.15) is 0 Å². The molecular weight excluding hydrogens is 394 g/mol. The molecule has 0 aliphatic carbocycles. The predicted molar refractivity (Wildman–Crippen MR) is 122 cm³/mol. The van der Waals surface area contributed by atoms with Crippen LogP contribution in [0.1, 0.15) is 37.3 Å². The maximum Gasteiger partial charge on any atom is 0.513 e. The minimum Gasteiger partial charge on any atom is -0.437 e. The minimum absolute atomic E-state index is 0.173. The van der Waals surface area contributed by atoms with Crippen LogP contribution in [0, 0.1) is 0 Å². The van der Waals surface area contributed by atoms with Crippen LogP contribution in [0.15, 0.2) is 48.2 Å². The van der Waals surface area contributed by atoms with Gasteiger partial charge in [0.25, 0.3) is 5.91 Å². The SMILES string of the molecule is CCCC/C(Nc1ccc(CN(C)C)cc1)=C1/C(=O)Nc2ccc(OC(=O)OC)cc21. The fourth-order valence-corrected chi connectivity index (χ4v) is 3.48. The van der Waals surface area contributed by atoms with Crippen LogP contribution < -0.4 is 15.4 Å². The summed E-state index contributed by atoms with van der Waals surface area (Å²) < 4.78 is 9.71. The second kappa shape index (κ2) is 10.1. The number of anilines is 2. The van der Waals surface area contributed by atoms with Crippen molar-refractivity contribution in [2.24, 2.45) is 0 Å². The highest BCUT2D eigenvalue weighted by Crippen LogP contribution is 2.38. The van der Waals surface area contributed by atoms with Crippen LogP contribution in [0.4, 0.5) is 16.2 Å². The predicted octanol–water partition coefficient (Wildman–Crippen LogP) is 4.86. The van der Waals surface area contributed by atoms with E-state index in [1.54, 1.807) is 18.2 Å². The Morgan fingerprint density at radius 1 is 1.13 bits per heavy atom. The maximum absolute atomic E-state index is 12.8. The third-order valence-electron chi connectivity index (χ3n) is 4.93. The average Bonchev–Trinajstić information content (AvgIpc) is 3.07. The molecule has 0 radical (unpaired) electrons. The van der Waals surface area contributed by atoms with Gasteiger partial charge < -0.3 is 25.0 Å². The third-order valence-corrected chi connectivity index (χ3v) is 4.93. The van der Waals surface area contributed by atoms with Gasteiger partial charge in [-0.1, -0.05) is 25.5 Å². The van der Waals surface area contributed by atoms with Crippen molar-refractivity contribution < 1.29 is 19.1 Å². The molecule has 7 heteroatoms. The number of nitrogens with zero attached hydrogens (tertiary/aromatic N) is 1. The second-order valence-corrected chi connectivity index (χ2v) is 7.73. The molecule has 7 nitrogen and oxygen atoms in total. The first kappa shape index (κ1) is 22.4. The molecule has 0 saturated heterocycles. The largest absolute Gasteiger partial charge is 0.513 e. The van der Waals surface area contributed by atoms with Crippen molar-refractivity contribution >= 4 is 29.0 Å². The minimum atomic E-state index is -0.801. The zero-order valence-corrected chi connectivity index (χ0v) is 18.5. The van der Waals surface area contributed by atoms with Crippen LogP contribution in [0.25, 0.3) is 5.57 Å². The normalized spacial score (nSPS) is 14.2. The number of rotatable bonds is 8. The van der Waals surface area contributed by atoms with E-state index in [1.165, 1.54) is 12.7 Å². The summed E-state index contributed by atoms with van der Waals surface area (Å²) >= 11 is 0. The van der Waals surface area contributed by atoms with Gasteiger partial charge in [-0.3, -0.25) is 4.79 Å². The fraction of sp³-hybridized carbons (Fsp3) is 0.333. The Labute approximate surface area is 183 Å². The number of amides is 1. The Bertz CT molecular complexity index is 981. The lowest BCUT2D eigenvalue weighted by molar-refractivity contribution is -0.110. The summed E-state index contributed by atoms with van der Waals surface area (Å²) in [5.74, 6) is 0.149. The Morgan fingerprint density at radius 3 is 2.52 bits per heavy atom. The summed E-state index contributed by atoms with van der Waals surface area (Å²) in [5, 5.41) is 6.35. The number of carbonyl (C=O) groups excluding carboxylic acids is 2. The molecule has 3 rings (SSSR count). The molecule has 1 aliphatic rings. The summed E-state index contributed by atoms with van der Waals surface area (Å²) in [7, 11) is 5.32. The van der Waals surface area contributed by atoms with Gasteiger partial charge in [-0.15, -0.1) is 0 Å². The number of carbonyl (C=O) groups is 2. The second-order valence-electron chi connectivity index (χ2n) is 7.73. The van der Waals surface area contributed by atoms with Gasteiger partial charge >= 0.3 is 6.16 Å². The van der Waals surface area contributed by atoms with E-state index < -0.39 is 6.16 Å². The Balaban J connectivity index is 1.95. The average molecular weight is 424 g/mol. The van der Waals surface area contributed by atoms with Gasteiger partial charge in [0.1, 0.15) is 5.75 Å². The highest BCUT2D eigenvalue weighted by molar-refractivity contribution is 6.32. The lowest BCUT2D eigenvalue weighted by Gasteiger charge is -2.15. The van der Waals surface area contributed by atoms with Crippen LogP contribution in [-0.2, 0) is 16.1 Å². The first-order valence-electron chi connectivity index (χ1n) is 10.4. The molecule has 2 N–H and O–H groups in total. The number of unbranched alkanes of at least 4 members (excludes halogenated alkanes) is 1. The van der Waals surface area contributed by atoms with E-state index in [0.29, 0.717) is 22.6 Å². The van der Waals surface area contributed by atoms with Crippen LogP contribution >= 0.6 is 0 Å². The highest BCUT2D eigenvalue weighted by Gasteiger charge is 2.28. The zero-order chi connectivity index (χ0) is 22.4. The molecule has 1 aliphatic heterocycles. The molecule has 0 bridgehead atoms. The molecule has 1 heterocycles. The van der Waals surface area contributed by atoms with Crippen LogP contribution in [-0.4, -0.2) is 38.2 Å². The van der Waals surface area contributed by atoms with Gasteiger partial charge in [-0.25, -0.2) is 4.79 Å². The lowest BCUT2D eigenvalue weighted by Crippen LogP contribution is -2.12. The van der Waals surface area contributed by atoms with E-state index in [-0.39, 0.29) is 5.91 Å². The standard InChI is InChI=1S/C24H29N3O4/c1-5-6-7-21(25-17-10-8-16(9-11-17)15-27(2)3)22-19-14-18(31-24(29)30-4)12-13-20(19)26-23(22)28/h8-14,25H,5-7,15H2,1-4H3,(H,26,28)/b22-21-. The van der Waals surface area contributed by atoms with E-state index in [1.807, 2.05) is 26.2 Å². The van der Waals surface area contributed by atoms with Crippen molar-refractivity contribution in [3.05, 3.63) is 59.3 Å². The van der Waals surface area contributed by atoms with Gasteiger partial charge in [0.15, 0.2) is 0 Å². The number of allylic oxidation sites excluding steroid dienone is 1. The number of ether oxygens (including phenoxy) is 2. The zero-order valence-electron chi connectivity index (χ0n) is 18.5. The Morgan fingerprint density at radius 2 is 1.87 bits per heavy atom. The Hall–Kier alpha value is -3.32. The number of fused-ring (bicyclic) bond motifs is 1. The summed E-state index contributed by atoms with van der Waals surface area (Å²) in [6.07, 6.45) is 1.86. The molecule has 0 atom stereocenters. The van der Waals surface area contributed by atoms with Gasteiger partial charge in [0, 0.05) is 29.2 Å². The molecule has 2 aromatic carbocycles. The third kappa shape index (κ3) is 5.64. The van der Waals surface area contributed by atoms with Crippen molar-refractivity contribution in [2.75, 3.05) is 31.8 Å². The van der Waals surface area contributed by atoms with Crippen LogP contribution in [0.2, 0.25) is 0 Å². The Kier molecular flexibility index (Phi) is 7.31. The van der Waals surface area contributed by atoms with E-state index in [0.717, 1.165) is 37.2 Å². The summed E-state index contributed by atoms with van der Waals surface area (Å²) in [6.45, 7) is 2.98. The molecule has 164 valence electrons. The quantitative estimate of drug-likeness (QED) is 0.359. The topological polar surface area (TPSA) is 79.9 Å². The first-order valence-corrected chi connectivity index (χ1v) is 10.4. The summed E-state index contributed by atoms with van der Waals surface area (Å²) in [5.41, 5.74) is 4.93. The highest BCUT2D eigenvalue weighted by atomic mass is 16.7. The van der Waals surface area contributed by atoms with Gasteiger partial charge in [0.2, 0.25) is 0 Å². The number of nitrogens with one attached hydrogen (secondary N) is 2. The molecule has 0 spiro atoms. The smallest absolute Gasteiger partial charge is 0.437 e. The lowest BCUT2D eigenvalue weighted by atomic mass is 10.0. The van der Waals surface area contributed by atoms with Crippen molar-refractivity contribution in [3.63, 3.8) is 0 Å². The molecule has 0 unspecified atom stereocenters. The van der Waals surface area contributed by atoms with E-state index in [4.69, 9.17) is 4.74 Å². The van der Waals surface area contributed by atoms with E-state index in [9.17, 15) is 9.59 Å². The van der Waals surface area contributed by atoms with Gasteiger partial charge in [-0.05, 0) is 62.8 Å². The fourth-order valence-electron chi connectivity index (χ4n) is 3.48. The number of hydrogen-bond acceptors (Lipinski definition) is 6. The molecule has 0 fully saturated rings. The number of hydrogen-bond donors (Lipinski definition) is 2. The molecule has 1 amide bonds. The molecule has 0 aromatic heterocycles.